The molecule has 2 rings (SSSR count). The first-order valence-corrected chi connectivity index (χ1v) is 5.27. The van der Waals surface area contributed by atoms with Crippen LogP contribution in [0.4, 0.5) is 0 Å². The van der Waals surface area contributed by atoms with Crippen LogP contribution in [0.3, 0.4) is 0 Å². The molecule has 0 aromatic heterocycles. The van der Waals surface area contributed by atoms with E-state index in [2.05, 4.69) is 23.2 Å². The molecule has 2 heteroatoms. The van der Waals surface area contributed by atoms with Gasteiger partial charge in [-0.05, 0) is 18.4 Å². The second-order valence-electron chi connectivity index (χ2n) is 3.60. The summed E-state index contributed by atoms with van der Waals surface area (Å²) in [6.07, 6.45) is 6.07. The van der Waals surface area contributed by atoms with E-state index >= 15 is 0 Å². The Kier molecular flexibility index (Phi) is 3.69. The number of ether oxygens (including phenoxy) is 1. The van der Waals surface area contributed by atoms with E-state index in [9.17, 15) is 0 Å². The van der Waals surface area contributed by atoms with Crippen LogP contribution < -0.4 is 0 Å². The molecular weight excluding hydrogens is 186 g/mol. The second kappa shape index (κ2) is 5.47. The second-order valence-corrected chi connectivity index (χ2v) is 3.60. The third kappa shape index (κ3) is 3.33. The Morgan fingerprint density at radius 2 is 2.00 bits per heavy atom. The van der Waals surface area contributed by atoms with Crippen LogP contribution in [0.1, 0.15) is 18.4 Å². The molecule has 0 saturated heterocycles. The molecule has 78 valence electrons. The van der Waals surface area contributed by atoms with Gasteiger partial charge in [0.05, 0.1) is 13.2 Å². The van der Waals surface area contributed by atoms with Crippen molar-refractivity contribution in [2.75, 3.05) is 6.61 Å². The topological polar surface area (TPSA) is 21.6 Å². The number of allylic oxidation sites excluding steroid dienone is 1. The van der Waals surface area contributed by atoms with Gasteiger partial charge < -0.3 is 4.74 Å². The third-order valence-electron chi connectivity index (χ3n) is 2.34. The zero-order valence-electron chi connectivity index (χ0n) is 8.73. The molecule has 0 amide bonds. The maximum atomic E-state index is 5.59. The number of rotatable bonds is 4. The van der Waals surface area contributed by atoms with Crippen LogP contribution in [0.2, 0.25) is 0 Å². The van der Waals surface area contributed by atoms with Crippen molar-refractivity contribution in [2.24, 2.45) is 4.99 Å². The third-order valence-corrected chi connectivity index (χ3v) is 2.34. The fourth-order valence-corrected chi connectivity index (χ4v) is 1.52. The van der Waals surface area contributed by atoms with Crippen LogP contribution in [0.5, 0.6) is 0 Å². The Bertz CT molecular complexity index is 354. The molecule has 1 aromatic rings. The molecule has 0 atom stereocenters. The molecule has 0 saturated carbocycles. The minimum absolute atomic E-state index is 0.652. The fraction of sp³-hybridized carbons (Fsp3) is 0.308. The molecule has 0 unspecified atom stereocenters. The highest BCUT2D eigenvalue weighted by Crippen LogP contribution is 2.05. The van der Waals surface area contributed by atoms with Crippen LogP contribution in [0, 0.1) is 0 Å². The molecule has 1 aliphatic rings. The molecule has 0 aliphatic carbocycles. The molecule has 1 aliphatic heterocycles. The van der Waals surface area contributed by atoms with E-state index < -0.39 is 0 Å². The van der Waals surface area contributed by atoms with Crippen molar-refractivity contribution in [3.8, 4) is 0 Å². The summed E-state index contributed by atoms with van der Waals surface area (Å²) in [5.41, 5.74) is 2.36. The first-order chi connectivity index (χ1) is 7.45. The van der Waals surface area contributed by atoms with Gasteiger partial charge in [0.25, 0.3) is 0 Å². The van der Waals surface area contributed by atoms with E-state index in [-0.39, 0.29) is 0 Å². The fourth-order valence-electron chi connectivity index (χ4n) is 1.52. The standard InChI is InChI=1S/C13H15NO/c1-2-6-12(7-3-1)10-15-11-13-8-4-5-9-14-13/h1-3,5-7,9H,4,8,10-11H2. The summed E-state index contributed by atoms with van der Waals surface area (Å²) in [7, 11) is 0. The highest BCUT2D eigenvalue weighted by atomic mass is 16.5. The molecule has 0 radical (unpaired) electrons. The SMILES string of the molecule is C1=CN=C(COCc2ccccc2)CC1. The summed E-state index contributed by atoms with van der Waals surface area (Å²) in [6.45, 7) is 1.32. The minimum Gasteiger partial charge on any atom is -0.371 e. The molecule has 0 N–H and O–H groups in total. The molecular formula is C13H15NO. The maximum Gasteiger partial charge on any atom is 0.0853 e. The molecule has 2 nitrogen and oxygen atoms in total. The van der Waals surface area contributed by atoms with Crippen LogP contribution >= 0.6 is 0 Å². The molecule has 0 fully saturated rings. The summed E-state index contributed by atoms with van der Waals surface area (Å²) in [5, 5.41) is 0. The van der Waals surface area contributed by atoms with Crippen LogP contribution in [-0.4, -0.2) is 12.3 Å². The smallest absolute Gasteiger partial charge is 0.0853 e. The van der Waals surface area contributed by atoms with Gasteiger partial charge in [-0.3, -0.25) is 4.99 Å². The Hall–Kier alpha value is -1.41. The molecule has 15 heavy (non-hydrogen) atoms. The van der Waals surface area contributed by atoms with Crippen molar-refractivity contribution in [3.05, 3.63) is 48.2 Å². The zero-order valence-corrected chi connectivity index (χ0v) is 8.73. The van der Waals surface area contributed by atoms with E-state index in [1.54, 1.807) is 0 Å². The number of hydrogen-bond acceptors (Lipinski definition) is 2. The van der Waals surface area contributed by atoms with Gasteiger partial charge in [-0.15, -0.1) is 0 Å². The highest BCUT2D eigenvalue weighted by Gasteiger charge is 2.01. The first-order valence-electron chi connectivity index (χ1n) is 5.27. The highest BCUT2D eigenvalue weighted by molar-refractivity contribution is 5.86. The van der Waals surface area contributed by atoms with Gasteiger partial charge in [0.2, 0.25) is 0 Å². The largest absolute Gasteiger partial charge is 0.371 e. The van der Waals surface area contributed by atoms with Gasteiger partial charge in [0.1, 0.15) is 0 Å². The zero-order chi connectivity index (χ0) is 10.3. The van der Waals surface area contributed by atoms with E-state index in [1.807, 2.05) is 24.4 Å². The number of hydrogen-bond donors (Lipinski definition) is 0. The quantitative estimate of drug-likeness (QED) is 0.734. The van der Waals surface area contributed by atoms with E-state index in [0.717, 1.165) is 18.6 Å². The Labute approximate surface area is 90.3 Å². The van der Waals surface area contributed by atoms with Gasteiger partial charge in [-0.25, -0.2) is 0 Å². The molecule has 0 bridgehead atoms. The predicted molar refractivity (Wildman–Crippen MR) is 61.9 cm³/mol. The van der Waals surface area contributed by atoms with Gasteiger partial charge in [-0.1, -0.05) is 36.4 Å². The first kappa shape index (κ1) is 10.1. The van der Waals surface area contributed by atoms with Gasteiger partial charge >= 0.3 is 0 Å². The van der Waals surface area contributed by atoms with Gasteiger partial charge in [0.15, 0.2) is 0 Å². The summed E-state index contributed by atoms with van der Waals surface area (Å²) in [6, 6.07) is 10.2. The van der Waals surface area contributed by atoms with Crippen molar-refractivity contribution in [2.45, 2.75) is 19.4 Å². The predicted octanol–water partition coefficient (Wildman–Crippen LogP) is 2.95. The van der Waals surface area contributed by atoms with Gasteiger partial charge in [0, 0.05) is 11.9 Å². The van der Waals surface area contributed by atoms with Crippen molar-refractivity contribution in [1.82, 2.24) is 0 Å². The van der Waals surface area contributed by atoms with E-state index in [4.69, 9.17) is 4.74 Å². The van der Waals surface area contributed by atoms with Crippen LogP contribution in [0.15, 0.2) is 47.6 Å². The lowest BCUT2D eigenvalue weighted by molar-refractivity contribution is 0.157. The van der Waals surface area contributed by atoms with Crippen molar-refractivity contribution in [3.63, 3.8) is 0 Å². The lowest BCUT2D eigenvalue weighted by Gasteiger charge is -2.08. The van der Waals surface area contributed by atoms with Crippen molar-refractivity contribution < 1.29 is 4.74 Å². The lowest BCUT2D eigenvalue weighted by atomic mass is 10.2. The van der Waals surface area contributed by atoms with E-state index in [0.29, 0.717) is 13.2 Å². The molecule has 1 heterocycles. The monoisotopic (exact) mass is 201 g/mol. The Morgan fingerprint density at radius 3 is 2.73 bits per heavy atom. The summed E-state index contributed by atoms with van der Waals surface area (Å²) in [4.78, 5) is 4.27. The number of aliphatic imine (C=N–C) groups is 1. The Morgan fingerprint density at radius 1 is 1.13 bits per heavy atom. The summed E-state index contributed by atoms with van der Waals surface area (Å²) < 4.78 is 5.59. The number of nitrogens with zero attached hydrogens (tertiary/aromatic N) is 1. The normalized spacial score (nSPS) is 15.1. The summed E-state index contributed by atoms with van der Waals surface area (Å²) >= 11 is 0. The minimum atomic E-state index is 0.652. The lowest BCUT2D eigenvalue weighted by Crippen LogP contribution is -2.09. The van der Waals surface area contributed by atoms with Crippen molar-refractivity contribution >= 4 is 5.71 Å². The molecule has 0 spiro atoms. The van der Waals surface area contributed by atoms with E-state index in [1.165, 1.54) is 5.56 Å². The average Bonchev–Trinajstić information content (AvgIpc) is 2.32. The van der Waals surface area contributed by atoms with Crippen molar-refractivity contribution in [1.29, 1.82) is 0 Å². The van der Waals surface area contributed by atoms with Crippen LogP contribution in [0.25, 0.3) is 0 Å². The maximum absolute atomic E-state index is 5.59. The Balaban J connectivity index is 1.75. The van der Waals surface area contributed by atoms with Crippen LogP contribution in [-0.2, 0) is 11.3 Å². The molecule has 1 aromatic carbocycles. The average molecular weight is 201 g/mol. The summed E-state index contributed by atoms with van der Waals surface area (Å²) in [5.74, 6) is 0. The van der Waals surface area contributed by atoms with Gasteiger partial charge in [-0.2, -0.15) is 0 Å². The number of benzene rings is 1.